The third kappa shape index (κ3) is 4.93. The van der Waals surface area contributed by atoms with Gasteiger partial charge in [0.25, 0.3) is 10.1 Å². The second-order valence-electron chi connectivity index (χ2n) is 5.30. The van der Waals surface area contributed by atoms with E-state index < -0.39 is 34.1 Å². The second kappa shape index (κ2) is 6.48. The molecule has 1 aromatic rings. The van der Waals surface area contributed by atoms with E-state index >= 15 is 0 Å². The van der Waals surface area contributed by atoms with Gasteiger partial charge in [0.15, 0.2) is 0 Å². The van der Waals surface area contributed by atoms with E-state index in [0.29, 0.717) is 11.1 Å². The van der Waals surface area contributed by atoms with Crippen LogP contribution in [0.2, 0.25) is 0 Å². The SMILES string of the molecule is Cc1cc(C(=O)OC(CS(=O)(=O)O)C(F)(F)F)c(C)c(C)c1C. The first-order chi connectivity index (χ1) is 10.2. The minimum absolute atomic E-state index is 0.0739. The minimum Gasteiger partial charge on any atom is -0.448 e. The van der Waals surface area contributed by atoms with Gasteiger partial charge in [0, 0.05) is 0 Å². The number of halogens is 3. The van der Waals surface area contributed by atoms with Gasteiger partial charge in [0.05, 0.1) is 5.56 Å². The van der Waals surface area contributed by atoms with E-state index in [4.69, 9.17) is 4.55 Å². The number of carbonyl (C=O) groups excluding carboxylic acids is 1. The van der Waals surface area contributed by atoms with E-state index in [1.165, 1.54) is 6.07 Å². The summed E-state index contributed by atoms with van der Waals surface area (Å²) in [6.07, 6.45) is -8.06. The largest absolute Gasteiger partial charge is 0.448 e. The highest BCUT2D eigenvalue weighted by Crippen LogP contribution is 2.27. The number of benzene rings is 1. The van der Waals surface area contributed by atoms with Gasteiger partial charge in [0.2, 0.25) is 6.10 Å². The number of hydrogen-bond donors (Lipinski definition) is 1. The highest BCUT2D eigenvalue weighted by molar-refractivity contribution is 7.85. The number of esters is 1. The smallest absolute Gasteiger partial charge is 0.426 e. The van der Waals surface area contributed by atoms with Gasteiger partial charge in [-0.05, 0) is 56.0 Å². The summed E-state index contributed by atoms with van der Waals surface area (Å²) in [5.74, 6) is -3.04. The van der Waals surface area contributed by atoms with Crippen LogP contribution in [0, 0.1) is 27.7 Å². The van der Waals surface area contributed by atoms with Crippen molar-refractivity contribution in [3.05, 3.63) is 33.9 Å². The van der Waals surface area contributed by atoms with Crippen molar-refractivity contribution < 1.29 is 35.7 Å². The quantitative estimate of drug-likeness (QED) is 0.664. The van der Waals surface area contributed by atoms with Crippen LogP contribution in [0.1, 0.15) is 32.6 Å². The molecule has 0 aliphatic rings. The standard InChI is InChI=1S/C14H17F3O5S/c1-7-5-11(10(4)9(3)8(7)2)13(18)22-12(14(15,16)17)6-23(19,20)21/h5,12H,6H2,1-4H3,(H,19,20,21). The summed E-state index contributed by atoms with van der Waals surface area (Å²) >= 11 is 0. The van der Waals surface area contributed by atoms with Crippen molar-refractivity contribution in [2.75, 3.05) is 5.75 Å². The molecule has 1 aromatic carbocycles. The Kier molecular flexibility index (Phi) is 5.48. The first-order valence-corrected chi connectivity index (χ1v) is 8.15. The molecule has 5 nitrogen and oxygen atoms in total. The van der Waals surface area contributed by atoms with Crippen LogP contribution in [0.15, 0.2) is 6.07 Å². The summed E-state index contributed by atoms with van der Waals surface area (Å²) in [7, 11) is -4.96. The first kappa shape index (κ1) is 19.4. The normalized spacial score (nSPS) is 13.7. The third-order valence-electron chi connectivity index (χ3n) is 3.68. The molecule has 0 fully saturated rings. The van der Waals surface area contributed by atoms with Gasteiger partial charge in [-0.1, -0.05) is 0 Å². The molecular formula is C14H17F3O5S. The van der Waals surface area contributed by atoms with Gasteiger partial charge >= 0.3 is 12.1 Å². The zero-order valence-electron chi connectivity index (χ0n) is 13.0. The Bertz CT molecular complexity index is 723. The van der Waals surface area contributed by atoms with Gasteiger partial charge in [-0.25, -0.2) is 4.79 Å². The van der Waals surface area contributed by atoms with Gasteiger partial charge in [-0.3, -0.25) is 4.55 Å². The van der Waals surface area contributed by atoms with Crippen LogP contribution in [-0.4, -0.2) is 37.0 Å². The second-order valence-corrected chi connectivity index (χ2v) is 6.80. The minimum atomic E-state index is -5.12. The molecule has 0 spiro atoms. The molecule has 1 rings (SSSR count). The zero-order chi connectivity index (χ0) is 18.2. The molecule has 0 aliphatic carbocycles. The maximum absolute atomic E-state index is 12.8. The van der Waals surface area contributed by atoms with Crippen LogP contribution < -0.4 is 0 Å². The molecule has 0 heterocycles. The topological polar surface area (TPSA) is 80.7 Å². The molecule has 1 N–H and O–H groups in total. The Hall–Kier alpha value is -1.61. The van der Waals surface area contributed by atoms with Crippen molar-refractivity contribution in [2.45, 2.75) is 40.0 Å². The summed E-state index contributed by atoms with van der Waals surface area (Å²) in [5, 5.41) is 0. The van der Waals surface area contributed by atoms with Crippen LogP contribution in [0.4, 0.5) is 13.2 Å². The predicted octanol–water partition coefficient (Wildman–Crippen LogP) is 2.90. The van der Waals surface area contributed by atoms with E-state index in [9.17, 15) is 26.4 Å². The fourth-order valence-corrected chi connectivity index (χ4v) is 2.64. The third-order valence-corrected chi connectivity index (χ3v) is 4.40. The van der Waals surface area contributed by atoms with Gasteiger partial charge in [-0.2, -0.15) is 21.6 Å². The Balaban J connectivity index is 3.19. The summed E-state index contributed by atoms with van der Waals surface area (Å²) in [6, 6.07) is 1.39. The fraction of sp³-hybridized carbons (Fsp3) is 0.500. The monoisotopic (exact) mass is 354 g/mol. The first-order valence-electron chi connectivity index (χ1n) is 6.54. The molecule has 0 saturated heterocycles. The van der Waals surface area contributed by atoms with Crippen LogP contribution in [-0.2, 0) is 14.9 Å². The van der Waals surface area contributed by atoms with E-state index in [1.807, 2.05) is 6.92 Å². The molecule has 0 radical (unpaired) electrons. The average molecular weight is 354 g/mol. The molecule has 0 bridgehead atoms. The van der Waals surface area contributed by atoms with Crippen molar-refractivity contribution >= 4 is 16.1 Å². The van der Waals surface area contributed by atoms with Crippen LogP contribution in [0.5, 0.6) is 0 Å². The number of aryl methyl sites for hydroxylation is 1. The highest BCUT2D eigenvalue weighted by atomic mass is 32.2. The summed E-state index contributed by atoms with van der Waals surface area (Å²) in [4.78, 5) is 12.0. The lowest BCUT2D eigenvalue weighted by Gasteiger charge is -2.21. The number of ether oxygens (including phenoxy) is 1. The Morgan fingerprint density at radius 2 is 1.70 bits per heavy atom. The number of alkyl halides is 3. The van der Waals surface area contributed by atoms with Crippen LogP contribution >= 0.6 is 0 Å². The molecule has 9 heteroatoms. The van der Waals surface area contributed by atoms with E-state index in [0.717, 1.165) is 11.1 Å². The number of rotatable bonds is 4. The van der Waals surface area contributed by atoms with Gasteiger partial charge in [0.1, 0.15) is 5.75 Å². The number of hydrogen-bond acceptors (Lipinski definition) is 4. The fourth-order valence-electron chi connectivity index (χ4n) is 2.00. The zero-order valence-corrected chi connectivity index (χ0v) is 13.8. The maximum Gasteiger partial charge on any atom is 0.426 e. The highest BCUT2D eigenvalue weighted by Gasteiger charge is 2.45. The van der Waals surface area contributed by atoms with E-state index in [1.54, 1.807) is 20.8 Å². The lowest BCUT2D eigenvalue weighted by Crippen LogP contribution is -2.39. The Morgan fingerprint density at radius 3 is 2.13 bits per heavy atom. The van der Waals surface area contributed by atoms with Crippen molar-refractivity contribution in [1.29, 1.82) is 0 Å². The molecule has 0 saturated carbocycles. The summed E-state index contributed by atoms with van der Waals surface area (Å²) < 4.78 is 72.7. The van der Waals surface area contributed by atoms with Crippen molar-refractivity contribution in [3.63, 3.8) is 0 Å². The van der Waals surface area contributed by atoms with Crippen molar-refractivity contribution in [1.82, 2.24) is 0 Å². The number of carbonyl (C=O) groups is 1. The van der Waals surface area contributed by atoms with E-state index in [2.05, 4.69) is 4.74 Å². The molecular weight excluding hydrogens is 337 g/mol. The van der Waals surface area contributed by atoms with Gasteiger partial charge < -0.3 is 4.74 Å². The molecule has 130 valence electrons. The summed E-state index contributed by atoms with van der Waals surface area (Å²) in [5.41, 5.74) is 2.69. The molecule has 0 aromatic heterocycles. The summed E-state index contributed by atoms with van der Waals surface area (Å²) in [6.45, 7) is 6.78. The lowest BCUT2D eigenvalue weighted by molar-refractivity contribution is -0.197. The Labute approximate surface area is 132 Å². The van der Waals surface area contributed by atoms with Crippen molar-refractivity contribution in [3.8, 4) is 0 Å². The van der Waals surface area contributed by atoms with Crippen LogP contribution in [0.3, 0.4) is 0 Å². The molecule has 0 amide bonds. The molecule has 23 heavy (non-hydrogen) atoms. The van der Waals surface area contributed by atoms with Gasteiger partial charge in [-0.15, -0.1) is 0 Å². The van der Waals surface area contributed by atoms with E-state index in [-0.39, 0.29) is 5.56 Å². The predicted molar refractivity (Wildman–Crippen MR) is 77.1 cm³/mol. The molecule has 1 unspecified atom stereocenters. The lowest BCUT2D eigenvalue weighted by atomic mass is 9.95. The van der Waals surface area contributed by atoms with Crippen LogP contribution in [0.25, 0.3) is 0 Å². The molecule has 1 atom stereocenters. The average Bonchev–Trinajstić information content (AvgIpc) is 2.37. The maximum atomic E-state index is 12.8. The molecule has 0 aliphatic heterocycles. The van der Waals surface area contributed by atoms with Crippen molar-refractivity contribution in [2.24, 2.45) is 0 Å². The Morgan fingerprint density at radius 1 is 1.17 bits per heavy atom.